The van der Waals surface area contributed by atoms with Crippen LogP contribution in [0.2, 0.25) is 0 Å². The van der Waals surface area contributed by atoms with E-state index in [0.29, 0.717) is 18.3 Å². The van der Waals surface area contributed by atoms with Gasteiger partial charge in [0.05, 0.1) is 17.4 Å². The first-order chi connectivity index (χ1) is 14.5. The molecule has 1 saturated carbocycles. The van der Waals surface area contributed by atoms with Crippen LogP contribution in [-0.2, 0) is 12.8 Å². The molecule has 2 aromatic rings. The molecule has 5 nitrogen and oxygen atoms in total. The van der Waals surface area contributed by atoms with Crippen molar-refractivity contribution in [3.05, 3.63) is 44.9 Å². The number of hydrogen-bond donors (Lipinski definition) is 1. The van der Waals surface area contributed by atoms with Crippen LogP contribution >= 0.6 is 11.3 Å². The van der Waals surface area contributed by atoms with Crippen LogP contribution in [0, 0.1) is 25.7 Å². The summed E-state index contributed by atoms with van der Waals surface area (Å²) < 4.78 is 6.19. The minimum absolute atomic E-state index is 0.189. The fraction of sp³-hybridized carbons (Fsp3) is 0.583. The average molecular weight is 427 g/mol. The van der Waals surface area contributed by atoms with Crippen molar-refractivity contribution in [2.45, 2.75) is 64.6 Å². The third kappa shape index (κ3) is 3.65. The minimum atomic E-state index is -0.504. The number of fused-ring (bicyclic) bond motifs is 2. The summed E-state index contributed by atoms with van der Waals surface area (Å²) in [5, 5.41) is 12.8. The van der Waals surface area contributed by atoms with Crippen molar-refractivity contribution in [1.82, 2.24) is 9.88 Å². The van der Waals surface area contributed by atoms with E-state index in [1.807, 2.05) is 30.9 Å². The third-order valence-electron chi connectivity index (χ3n) is 7.12. The van der Waals surface area contributed by atoms with Gasteiger partial charge in [-0.2, -0.15) is 0 Å². The predicted octanol–water partition coefficient (Wildman–Crippen LogP) is 3.93. The normalized spacial score (nSPS) is 28.2. The molecule has 1 N–H and O–H groups in total. The molecule has 160 valence electrons. The molecular weight excluding hydrogens is 396 g/mol. The largest absolute Gasteiger partial charge is 0.486 e. The summed E-state index contributed by atoms with van der Waals surface area (Å²) in [6.45, 7) is 5.43. The first kappa shape index (κ1) is 20.0. The highest BCUT2D eigenvalue weighted by molar-refractivity contribution is 7.10. The summed E-state index contributed by atoms with van der Waals surface area (Å²) in [5.41, 5.74) is 4.05. The summed E-state index contributed by atoms with van der Waals surface area (Å²) in [6.07, 6.45) is 5.33. The molecule has 1 saturated heterocycles. The highest BCUT2D eigenvalue weighted by Gasteiger charge is 2.44. The number of aliphatic hydroxyl groups excluding tert-OH is 1. The van der Waals surface area contributed by atoms with Gasteiger partial charge >= 0.3 is 0 Å². The first-order valence-electron chi connectivity index (χ1n) is 11.2. The Morgan fingerprint density at radius 2 is 1.93 bits per heavy atom. The van der Waals surface area contributed by atoms with Gasteiger partial charge in [-0.25, -0.2) is 0 Å². The molecule has 4 atom stereocenters. The molecule has 30 heavy (non-hydrogen) atoms. The summed E-state index contributed by atoms with van der Waals surface area (Å²) >= 11 is 1.76. The lowest BCUT2D eigenvalue weighted by atomic mass is 9.78. The highest BCUT2D eigenvalue weighted by Crippen LogP contribution is 2.40. The smallest absolute Gasteiger partial charge is 0.255 e. The van der Waals surface area contributed by atoms with Gasteiger partial charge in [-0.3, -0.25) is 9.78 Å². The second-order valence-corrected chi connectivity index (χ2v) is 10.2. The number of nitrogens with zero attached hydrogens (tertiary/aromatic N) is 2. The zero-order valence-electron chi connectivity index (χ0n) is 17.8. The fourth-order valence-electron chi connectivity index (χ4n) is 5.49. The van der Waals surface area contributed by atoms with E-state index in [0.717, 1.165) is 55.1 Å². The Morgan fingerprint density at radius 1 is 1.17 bits per heavy atom. The third-order valence-corrected chi connectivity index (χ3v) is 8.21. The molecule has 0 unspecified atom stereocenters. The number of carbonyl (C=O) groups is 1. The Bertz CT molecular complexity index is 956. The van der Waals surface area contributed by atoms with Crippen LogP contribution in [0.3, 0.4) is 0 Å². The predicted molar refractivity (Wildman–Crippen MR) is 117 cm³/mol. The number of thiophene rings is 1. The molecule has 3 heterocycles. The SMILES string of the molecule is Cc1ccc(O[C@@H]2C[C@@H]3CN(C(=O)c4csc5c4CCCC5)C[C@@H]3C[C@H]2O)c(C)n1. The lowest BCUT2D eigenvalue weighted by Crippen LogP contribution is -2.42. The van der Waals surface area contributed by atoms with Crippen LogP contribution in [0.4, 0.5) is 0 Å². The van der Waals surface area contributed by atoms with Gasteiger partial charge in [0.1, 0.15) is 11.9 Å². The molecule has 3 aliphatic rings. The Hall–Kier alpha value is -1.92. The van der Waals surface area contributed by atoms with E-state index in [1.54, 1.807) is 11.3 Å². The number of hydrogen-bond acceptors (Lipinski definition) is 5. The summed E-state index contributed by atoms with van der Waals surface area (Å²) in [6, 6.07) is 3.89. The standard InChI is InChI=1S/C24H30N2O3S/c1-14-7-8-21(15(2)25-14)29-22-10-17-12-26(11-16(17)9-20(22)27)24(28)19-13-30-23-6-4-3-5-18(19)23/h7-8,13,16-17,20,22,27H,3-6,9-12H2,1-2H3/t16-,17+,20+,22+/m0/s1. The fourth-order valence-corrected chi connectivity index (χ4v) is 6.61. The second kappa shape index (κ2) is 7.97. The maximum Gasteiger partial charge on any atom is 0.255 e. The van der Waals surface area contributed by atoms with Crippen LogP contribution in [0.15, 0.2) is 17.5 Å². The monoisotopic (exact) mass is 426 g/mol. The Labute approximate surface area is 182 Å². The van der Waals surface area contributed by atoms with Crippen molar-refractivity contribution in [3.63, 3.8) is 0 Å². The number of rotatable bonds is 3. The van der Waals surface area contributed by atoms with Gasteiger partial charge < -0.3 is 14.7 Å². The van der Waals surface area contributed by atoms with Crippen LogP contribution in [0.5, 0.6) is 5.75 Å². The maximum atomic E-state index is 13.3. The van der Waals surface area contributed by atoms with E-state index >= 15 is 0 Å². The number of pyridine rings is 1. The van der Waals surface area contributed by atoms with Gasteiger partial charge in [0.25, 0.3) is 5.91 Å². The van der Waals surface area contributed by atoms with Crippen LogP contribution < -0.4 is 4.74 Å². The Kier molecular flexibility index (Phi) is 5.31. The van der Waals surface area contributed by atoms with E-state index in [1.165, 1.54) is 23.3 Å². The number of carbonyl (C=O) groups excluding carboxylic acids is 1. The molecule has 5 rings (SSSR count). The zero-order valence-corrected chi connectivity index (χ0v) is 18.6. The van der Waals surface area contributed by atoms with Gasteiger partial charge in [0.15, 0.2) is 0 Å². The van der Waals surface area contributed by atoms with Crippen molar-refractivity contribution in [3.8, 4) is 5.75 Å². The summed E-state index contributed by atoms with van der Waals surface area (Å²) in [7, 11) is 0. The van der Waals surface area contributed by atoms with E-state index in [4.69, 9.17) is 4.74 Å². The Balaban J connectivity index is 1.27. The van der Waals surface area contributed by atoms with E-state index in [2.05, 4.69) is 10.4 Å². The lowest BCUT2D eigenvalue weighted by Gasteiger charge is -2.35. The van der Waals surface area contributed by atoms with Gasteiger partial charge in [-0.1, -0.05) is 0 Å². The molecule has 1 aliphatic heterocycles. The van der Waals surface area contributed by atoms with Crippen molar-refractivity contribution in [2.75, 3.05) is 13.1 Å². The molecular formula is C24H30N2O3S. The Morgan fingerprint density at radius 3 is 2.73 bits per heavy atom. The van der Waals surface area contributed by atoms with Crippen LogP contribution in [0.25, 0.3) is 0 Å². The molecule has 2 aliphatic carbocycles. The number of aromatic nitrogens is 1. The molecule has 0 aromatic carbocycles. The van der Waals surface area contributed by atoms with Gasteiger partial charge in [0, 0.05) is 29.0 Å². The molecule has 0 spiro atoms. The van der Waals surface area contributed by atoms with Crippen molar-refractivity contribution < 1.29 is 14.6 Å². The van der Waals surface area contributed by atoms with Gasteiger partial charge in [0.2, 0.25) is 0 Å². The average Bonchev–Trinajstić information content (AvgIpc) is 3.33. The lowest BCUT2D eigenvalue weighted by molar-refractivity contribution is -0.0236. The van der Waals surface area contributed by atoms with Crippen LogP contribution in [-0.4, -0.2) is 46.2 Å². The second-order valence-electron chi connectivity index (χ2n) is 9.22. The zero-order chi connectivity index (χ0) is 20.8. The van der Waals surface area contributed by atoms with Crippen LogP contribution in [0.1, 0.15) is 57.9 Å². The topological polar surface area (TPSA) is 62.7 Å². The first-order valence-corrected chi connectivity index (χ1v) is 12.0. The molecule has 1 amide bonds. The maximum absolute atomic E-state index is 13.3. The summed E-state index contributed by atoms with van der Waals surface area (Å²) in [5.74, 6) is 1.68. The number of amides is 1. The minimum Gasteiger partial charge on any atom is -0.486 e. The van der Waals surface area contributed by atoms with E-state index in [9.17, 15) is 9.90 Å². The van der Waals surface area contributed by atoms with E-state index < -0.39 is 6.10 Å². The quantitative estimate of drug-likeness (QED) is 0.808. The van der Waals surface area contributed by atoms with Gasteiger partial charge in [-0.05, 0) is 81.9 Å². The summed E-state index contributed by atoms with van der Waals surface area (Å²) in [4.78, 5) is 21.2. The molecule has 0 bridgehead atoms. The van der Waals surface area contributed by atoms with E-state index in [-0.39, 0.29) is 12.0 Å². The molecule has 6 heteroatoms. The molecule has 0 radical (unpaired) electrons. The number of likely N-dealkylation sites (tertiary alicyclic amines) is 1. The van der Waals surface area contributed by atoms with Crippen molar-refractivity contribution in [2.24, 2.45) is 11.8 Å². The molecule has 2 fully saturated rings. The molecule has 2 aromatic heterocycles. The van der Waals surface area contributed by atoms with Gasteiger partial charge in [-0.15, -0.1) is 11.3 Å². The highest BCUT2D eigenvalue weighted by atomic mass is 32.1. The van der Waals surface area contributed by atoms with Crippen molar-refractivity contribution in [1.29, 1.82) is 0 Å². The number of aliphatic hydroxyl groups is 1. The van der Waals surface area contributed by atoms with Crippen molar-refractivity contribution >= 4 is 17.2 Å². The number of ether oxygens (including phenoxy) is 1. The number of aryl methyl sites for hydroxylation is 3.